The van der Waals surface area contributed by atoms with Crippen molar-refractivity contribution in [2.24, 2.45) is 35.5 Å². The molecule has 0 aliphatic heterocycles. The molecule has 0 aromatic rings. The van der Waals surface area contributed by atoms with E-state index < -0.39 is 23.7 Å². The van der Waals surface area contributed by atoms with Crippen molar-refractivity contribution >= 4 is 0 Å². The molecule has 3 fully saturated rings. The van der Waals surface area contributed by atoms with Gasteiger partial charge in [0.1, 0.15) is 0 Å². The highest BCUT2D eigenvalue weighted by Crippen LogP contribution is 2.73. The van der Waals surface area contributed by atoms with Crippen LogP contribution in [0.2, 0.25) is 0 Å². The van der Waals surface area contributed by atoms with E-state index in [2.05, 4.69) is 0 Å². The third kappa shape index (κ3) is 0.731. The van der Waals surface area contributed by atoms with Crippen LogP contribution in [0.3, 0.4) is 0 Å². The number of halogens is 4. The molecule has 0 spiro atoms. The largest absolute Gasteiger partial charge is 0.313 e. The molecule has 16 heavy (non-hydrogen) atoms. The second kappa shape index (κ2) is 2.34. The lowest BCUT2D eigenvalue weighted by Crippen LogP contribution is -2.52. The van der Waals surface area contributed by atoms with Crippen LogP contribution in [0.25, 0.3) is 0 Å². The van der Waals surface area contributed by atoms with Gasteiger partial charge in [0.15, 0.2) is 0 Å². The van der Waals surface area contributed by atoms with Gasteiger partial charge in [0.05, 0.1) is 0 Å². The maximum Gasteiger partial charge on any atom is 0.313 e. The molecule has 0 amide bonds. The van der Waals surface area contributed by atoms with Crippen LogP contribution in [0.4, 0.5) is 17.6 Å². The summed E-state index contributed by atoms with van der Waals surface area (Å²) < 4.78 is 54.4. The van der Waals surface area contributed by atoms with Crippen molar-refractivity contribution in [1.29, 1.82) is 0 Å². The SMILES string of the molecule is FC1(F)C2CC(C3C4C=CC(C4)C32)C1(F)F. The van der Waals surface area contributed by atoms with Crippen LogP contribution < -0.4 is 0 Å². The zero-order valence-corrected chi connectivity index (χ0v) is 8.54. The van der Waals surface area contributed by atoms with E-state index in [1.54, 1.807) is 0 Å². The Hall–Kier alpha value is -0.540. The molecular formula is C12H12F4. The quantitative estimate of drug-likeness (QED) is 0.341. The van der Waals surface area contributed by atoms with Gasteiger partial charge in [0.25, 0.3) is 0 Å². The summed E-state index contributed by atoms with van der Waals surface area (Å²) in [6, 6.07) is 0. The highest BCUT2D eigenvalue weighted by atomic mass is 19.3. The molecule has 6 unspecified atom stereocenters. The third-order valence-electron chi connectivity index (χ3n) is 5.40. The second-order valence-corrected chi connectivity index (χ2v) is 5.80. The molecule has 0 saturated heterocycles. The first-order valence-electron chi connectivity index (χ1n) is 5.88. The molecular weight excluding hydrogens is 220 g/mol. The summed E-state index contributed by atoms with van der Waals surface area (Å²) in [5.41, 5.74) is 0. The van der Waals surface area contributed by atoms with E-state index in [-0.39, 0.29) is 30.1 Å². The summed E-state index contributed by atoms with van der Waals surface area (Å²) in [5.74, 6) is -9.73. The van der Waals surface area contributed by atoms with Crippen LogP contribution in [-0.2, 0) is 0 Å². The molecule has 88 valence electrons. The van der Waals surface area contributed by atoms with Gasteiger partial charge in [-0.2, -0.15) is 17.6 Å². The van der Waals surface area contributed by atoms with Crippen molar-refractivity contribution in [2.75, 3.05) is 0 Å². The predicted octanol–water partition coefficient (Wildman–Crippen LogP) is 3.35. The topological polar surface area (TPSA) is 0 Å². The number of hydrogen-bond acceptors (Lipinski definition) is 0. The molecule has 0 aromatic carbocycles. The van der Waals surface area contributed by atoms with Gasteiger partial charge in [-0.1, -0.05) is 12.2 Å². The first-order valence-corrected chi connectivity index (χ1v) is 5.88. The van der Waals surface area contributed by atoms with E-state index >= 15 is 0 Å². The normalized spacial score (nSPS) is 58.2. The average molecular weight is 232 g/mol. The van der Waals surface area contributed by atoms with Crippen LogP contribution in [0.5, 0.6) is 0 Å². The lowest BCUT2D eigenvalue weighted by molar-refractivity contribution is -0.257. The second-order valence-electron chi connectivity index (χ2n) is 5.80. The maximum atomic E-state index is 13.6. The van der Waals surface area contributed by atoms with Crippen molar-refractivity contribution in [3.05, 3.63) is 12.2 Å². The van der Waals surface area contributed by atoms with Gasteiger partial charge in [0.2, 0.25) is 0 Å². The molecule has 0 radical (unpaired) electrons. The van der Waals surface area contributed by atoms with Crippen molar-refractivity contribution in [3.8, 4) is 0 Å². The Labute approximate surface area is 90.7 Å². The molecule has 0 heterocycles. The Morgan fingerprint density at radius 3 is 1.62 bits per heavy atom. The Kier molecular flexibility index (Phi) is 1.39. The molecule has 4 aliphatic carbocycles. The highest BCUT2D eigenvalue weighted by Gasteiger charge is 2.80. The molecule has 3 saturated carbocycles. The van der Waals surface area contributed by atoms with Gasteiger partial charge in [-0.05, 0) is 36.5 Å². The van der Waals surface area contributed by atoms with Crippen molar-refractivity contribution in [1.82, 2.24) is 0 Å². The molecule has 4 heteroatoms. The number of fused-ring (bicyclic) bond motifs is 9. The van der Waals surface area contributed by atoms with E-state index in [4.69, 9.17) is 0 Å². The van der Waals surface area contributed by atoms with E-state index in [1.807, 2.05) is 12.2 Å². The van der Waals surface area contributed by atoms with Gasteiger partial charge in [-0.15, -0.1) is 0 Å². The molecule has 4 aliphatic rings. The van der Waals surface area contributed by atoms with E-state index in [9.17, 15) is 17.6 Å². The Morgan fingerprint density at radius 1 is 0.750 bits per heavy atom. The molecule has 4 bridgehead atoms. The van der Waals surface area contributed by atoms with E-state index in [1.165, 1.54) is 0 Å². The first-order chi connectivity index (χ1) is 7.44. The summed E-state index contributed by atoms with van der Waals surface area (Å²) in [4.78, 5) is 0. The van der Waals surface area contributed by atoms with Gasteiger partial charge >= 0.3 is 11.8 Å². The maximum absolute atomic E-state index is 13.6. The predicted molar refractivity (Wildman–Crippen MR) is 49.2 cm³/mol. The molecule has 0 N–H and O–H groups in total. The monoisotopic (exact) mass is 232 g/mol. The van der Waals surface area contributed by atoms with Crippen molar-refractivity contribution < 1.29 is 17.6 Å². The van der Waals surface area contributed by atoms with Gasteiger partial charge in [0, 0.05) is 11.8 Å². The number of hydrogen-bond donors (Lipinski definition) is 0. The van der Waals surface area contributed by atoms with Crippen molar-refractivity contribution in [3.63, 3.8) is 0 Å². The third-order valence-corrected chi connectivity index (χ3v) is 5.40. The number of rotatable bonds is 0. The van der Waals surface area contributed by atoms with Gasteiger partial charge < -0.3 is 0 Å². The average Bonchev–Trinajstić information content (AvgIpc) is 2.89. The molecule has 6 atom stereocenters. The zero-order chi connectivity index (χ0) is 11.3. The summed E-state index contributed by atoms with van der Waals surface area (Å²) in [6.45, 7) is 0. The van der Waals surface area contributed by atoms with Crippen LogP contribution in [-0.4, -0.2) is 11.8 Å². The van der Waals surface area contributed by atoms with Gasteiger partial charge in [-0.25, -0.2) is 0 Å². The Morgan fingerprint density at radius 2 is 1.19 bits per heavy atom. The van der Waals surface area contributed by atoms with E-state index in [0.29, 0.717) is 0 Å². The number of allylic oxidation sites excluding steroid dienone is 2. The Bertz CT molecular complexity index is 352. The standard InChI is InChI=1S/C12H12F4/c13-11(14)7-4-8(12(11,15)16)10-6-2-1-5(3-6)9(7)10/h1-2,5-10H,3-4H2. The molecule has 4 rings (SSSR count). The molecule has 0 aromatic heterocycles. The minimum absolute atomic E-state index is 0.0318. The van der Waals surface area contributed by atoms with E-state index in [0.717, 1.165) is 6.42 Å². The number of alkyl halides is 4. The zero-order valence-electron chi connectivity index (χ0n) is 8.54. The van der Waals surface area contributed by atoms with Crippen LogP contribution in [0.1, 0.15) is 12.8 Å². The lowest BCUT2D eigenvalue weighted by atomic mass is 9.70. The lowest BCUT2D eigenvalue weighted by Gasteiger charge is -2.41. The summed E-state index contributed by atoms with van der Waals surface area (Å²) in [5, 5.41) is 0. The fourth-order valence-electron chi connectivity index (χ4n) is 4.89. The summed E-state index contributed by atoms with van der Waals surface area (Å²) in [7, 11) is 0. The first kappa shape index (κ1) is 9.49. The Balaban J connectivity index is 1.83. The van der Waals surface area contributed by atoms with Crippen molar-refractivity contribution in [2.45, 2.75) is 24.7 Å². The van der Waals surface area contributed by atoms with Crippen LogP contribution >= 0.6 is 0 Å². The summed E-state index contributed by atoms with van der Waals surface area (Å²) >= 11 is 0. The fourth-order valence-corrected chi connectivity index (χ4v) is 4.89. The van der Waals surface area contributed by atoms with Crippen LogP contribution in [0.15, 0.2) is 12.2 Å². The minimum Gasteiger partial charge on any atom is -0.200 e. The van der Waals surface area contributed by atoms with Gasteiger partial charge in [-0.3, -0.25) is 0 Å². The minimum atomic E-state index is -3.77. The highest BCUT2D eigenvalue weighted by molar-refractivity contribution is 5.25. The molecule has 0 nitrogen and oxygen atoms in total. The fraction of sp³-hybridized carbons (Fsp3) is 0.833. The van der Waals surface area contributed by atoms with Crippen LogP contribution in [0, 0.1) is 35.5 Å². The smallest absolute Gasteiger partial charge is 0.200 e. The summed E-state index contributed by atoms with van der Waals surface area (Å²) in [6.07, 6.45) is 4.81.